The van der Waals surface area contributed by atoms with E-state index >= 15 is 0 Å². The third-order valence-corrected chi connectivity index (χ3v) is 1.88. The van der Waals surface area contributed by atoms with Crippen LogP contribution in [-0.2, 0) is 0 Å². The van der Waals surface area contributed by atoms with E-state index in [4.69, 9.17) is 0 Å². The average Bonchev–Trinajstić information content (AvgIpc) is 1.85. The van der Waals surface area contributed by atoms with E-state index in [0.29, 0.717) is 0 Å². The standard InChI is InChI=1S/C9H18NO/c1-9(2,11)8-10-6-4-3-5-7-10/h4,11H,3,5-8H2,1-2H3. The number of hydrogen-bond acceptors (Lipinski definition) is 2. The van der Waals surface area contributed by atoms with Crippen molar-refractivity contribution in [2.45, 2.75) is 32.3 Å². The summed E-state index contributed by atoms with van der Waals surface area (Å²) >= 11 is 0. The van der Waals surface area contributed by atoms with Gasteiger partial charge in [-0.15, -0.1) is 0 Å². The Morgan fingerprint density at radius 1 is 1.55 bits per heavy atom. The van der Waals surface area contributed by atoms with Crippen LogP contribution < -0.4 is 0 Å². The Morgan fingerprint density at radius 2 is 2.27 bits per heavy atom. The second-order valence-electron chi connectivity index (χ2n) is 3.98. The Labute approximate surface area is 69.2 Å². The minimum Gasteiger partial charge on any atom is -0.389 e. The van der Waals surface area contributed by atoms with Crippen LogP contribution in [0.2, 0.25) is 0 Å². The zero-order valence-electron chi connectivity index (χ0n) is 7.51. The van der Waals surface area contributed by atoms with Crippen molar-refractivity contribution >= 4 is 0 Å². The number of hydrogen-bond donors (Lipinski definition) is 1. The van der Waals surface area contributed by atoms with Crippen LogP contribution in [0.3, 0.4) is 0 Å². The molecule has 65 valence electrons. The highest BCUT2D eigenvalue weighted by Gasteiger charge is 2.19. The van der Waals surface area contributed by atoms with Crippen LogP contribution in [0.15, 0.2) is 0 Å². The van der Waals surface area contributed by atoms with E-state index in [2.05, 4.69) is 11.3 Å². The van der Waals surface area contributed by atoms with Gasteiger partial charge >= 0.3 is 0 Å². The first-order valence-electron chi connectivity index (χ1n) is 4.34. The largest absolute Gasteiger partial charge is 0.389 e. The molecular weight excluding hydrogens is 138 g/mol. The van der Waals surface area contributed by atoms with Crippen LogP contribution >= 0.6 is 0 Å². The Balaban J connectivity index is 2.24. The summed E-state index contributed by atoms with van der Waals surface area (Å²) in [4.78, 5) is 2.30. The van der Waals surface area contributed by atoms with Gasteiger partial charge in [-0.2, -0.15) is 0 Å². The molecule has 0 amide bonds. The first kappa shape index (κ1) is 9.01. The summed E-state index contributed by atoms with van der Waals surface area (Å²) in [6.07, 6.45) is 4.77. The minimum atomic E-state index is -0.537. The Bertz CT molecular complexity index is 111. The Morgan fingerprint density at radius 3 is 2.73 bits per heavy atom. The molecule has 0 aromatic rings. The van der Waals surface area contributed by atoms with Crippen molar-refractivity contribution < 1.29 is 5.11 Å². The number of rotatable bonds is 2. The predicted octanol–water partition coefficient (Wildman–Crippen LogP) is 1.06. The van der Waals surface area contributed by atoms with Crippen molar-refractivity contribution in [2.75, 3.05) is 19.6 Å². The Hall–Kier alpha value is -0.0800. The fourth-order valence-electron chi connectivity index (χ4n) is 1.52. The topological polar surface area (TPSA) is 23.5 Å². The van der Waals surface area contributed by atoms with Crippen molar-refractivity contribution in [3.63, 3.8) is 0 Å². The molecule has 1 rings (SSSR count). The lowest BCUT2D eigenvalue weighted by Gasteiger charge is -2.31. The zero-order chi connectivity index (χ0) is 8.32. The van der Waals surface area contributed by atoms with Gasteiger partial charge in [-0.3, -0.25) is 0 Å². The lowest BCUT2D eigenvalue weighted by atomic mass is 10.1. The van der Waals surface area contributed by atoms with Gasteiger partial charge in [-0.1, -0.05) is 0 Å². The quantitative estimate of drug-likeness (QED) is 0.646. The highest BCUT2D eigenvalue weighted by Crippen LogP contribution is 2.11. The summed E-state index contributed by atoms with van der Waals surface area (Å²) in [5.74, 6) is 0. The number of aliphatic hydroxyl groups is 1. The van der Waals surface area contributed by atoms with Crippen LogP contribution in [0.1, 0.15) is 26.7 Å². The molecule has 1 radical (unpaired) electrons. The third kappa shape index (κ3) is 3.73. The molecule has 11 heavy (non-hydrogen) atoms. The summed E-state index contributed by atoms with van der Waals surface area (Å²) in [5.41, 5.74) is -0.537. The highest BCUT2D eigenvalue weighted by molar-refractivity contribution is 4.81. The van der Waals surface area contributed by atoms with Gasteiger partial charge in [0.2, 0.25) is 0 Å². The van der Waals surface area contributed by atoms with Gasteiger partial charge in [0, 0.05) is 13.1 Å². The fourth-order valence-corrected chi connectivity index (χ4v) is 1.52. The molecule has 0 spiro atoms. The molecule has 0 atom stereocenters. The van der Waals surface area contributed by atoms with Gasteiger partial charge < -0.3 is 10.0 Å². The van der Waals surface area contributed by atoms with Gasteiger partial charge in [0.1, 0.15) is 0 Å². The van der Waals surface area contributed by atoms with E-state index in [9.17, 15) is 5.11 Å². The van der Waals surface area contributed by atoms with E-state index in [1.807, 2.05) is 13.8 Å². The maximum Gasteiger partial charge on any atom is 0.0718 e. The molecule has 1 fully saturated rings. The average molecular weight is 156 g/mol. The van der Waals surface area contributed by atoms with E-state index < -0.39 is 5.60 Å². The molecule has 1 N–H and O–H groups in total. The molecule has 0 aliphatic carbocycles. The number of nitrogens with zero attached hydrogens (tertiary/aromatic N) is 1. The van der Waals surface area contributed by atoms with Crippen LogP contribution in [-0.4, -0.2) is 35.2 Å². The van der Waals surface area contributed by atoms with Crippen molar-refractivity contribution in [3.05, 3.63) is 6.42 Å². The highest BCUT2D eigenvalue weighted by atomic mass is 16.3. The molecule has 1 heterocycles. The van der Waals surface area contributed by atoms with E-state index in [0.717, 1.165) is 19.6 Å². The third-order valence-electron chi connectivity index (χ3n) is 1.88. The molecule has 0 unspecified atom stereocenters. The second-order valence-corrected chi connectivity index (χ2v) is 3.98. The van der Waals surface area contributed by atoms with Gasteiger partial charge in [0.15, 0.2) is 0 Å². The van der Waals surface area contributed by atoms with Crippen LogP contribution in [0.25, 0.3) is 0 Å². The first-order valence-corrected chi connectivity index (χ1v) is 4.34. The van der Waals surface area contributed by atoms with Crippen LogP contribution in [0, 0.1) is 6.42 Å². The molecule has 0 aromatic carbocycles. The summed E-state index contributed by atoms with van der Waals surface area (Å²) in [7, 11) is 0. The van der Waals surface area contributed by atoms with Crippen LogP contribution in [0.4, 0.5) is 0 Å². The smallest absolute Gasteiger partial charge is 0.0718 e. The minimum absolute atomic E-state index is 0.537. The molecule has 1 aliphatic rings. The molecule has 2 heteroatoms. The molecule has 0 bridgehead atoms. The fraction of sp³-hybridized carbons (Fsp3) is 0.889. The molecule has 0 saturated carbocycles. The van der Waals surface area contributed by atoms with Crippen molar-refractivity contribution in [1.29, 1.82) is 0 Å². The van der Waals surface area contributed by atoms with Gasteiger partial charge in [-0.25, -0.2) is 0 Å². The van der Waals surface area contributed by atoms with Crippen molar-refractivity contribution in [1.82, 2.24) is 4.90 Å². The van der Waals surface area contributed by atoms with Gasteiger partial charge in [-0.05, 0) is 39.7 Å². The van der Waals surface area contributed by atoms with Crippen molar-refractivity contribution in [2.24, 2.45) is 0 Å². The van der Waals surface area contributed by atoms with E-state index in [-0.39, 0.29) is 0 Å². The lowest BCUT2D eigenvalue weighted by Crippen LogP contribution is -2.41. The summed E-state index contributed by atoms with van der Waals surface area (Å²) in [6, 6.07) is 0. The van der Waals surface area contributed by atoms with E-state index in [1.165, 1.54) is 12.8 Å². The predicted molar refractivity (Wildman–Crippen MR) is 46.3 cm³/mol. The van der Waals surface area contributed by atoms with E-state index in [1.54, 1.807) is 0 Å². The monoisotopic (exact) mass is 156 g/mol. The maximum absolute atomic E-state index is 9.51. The maximum atomic E-state index is 9.51. The molecule has 0 aromatic heterocycles. The molecule has 1 aliphatic heterocycles. The zero-order valence-corrected chi connectivity index (χ0v) is 7.51. The number of likely N-dealkylation sites (tertiary alicyclic amines) is 1. The molecular formula is C9H18NO. The Kier molecular flexibility index (Phi) is 2.90. The summed E-state index contributed by atoms with van der Waals surface area (Å²) in [6.45, 7) is 6.71. The number of β-amino-alcohol motifs (C(OH)–C–C–N with tert-alkyl or cyclic N) is 1. The first-order chi connectivity index (χ1) is 5.08. The van der Waals surface area contributed by atoms with Crippen molar-refractivity contribution in [3.8, 4) is 0 Å². The second kappa shape index (κ2) is 3.55. The summed E-state index contributed by atoms with van der Waals surface area (Å²) < 4.78 is 0. The lowest BCUT2D eigenvalue weighted by molar-refractivity contribution is 0.0352. The summed E-state index contributed by atoms with van der Waals surface area (Å²) in [5, 5.41) is 9.51. The molecule has 1 saturated heterocycles. The number of piperidine rings is 1. The van der Waals surface area contributed by atoms with Crippen LogP contribution in [0.5, 0.6) is 0 Å². The molecule has 2 nitrogen and oxygen atoms in total. The van der Waals surface area contributed by atoms with Gasteiger partial charge in [0.05, 0.1) is 5.60 Å². The SMILES string of the molecule is CC(C)(O)CN1C[CH]CCC1. The normalized spacial score (nSPS) is 22.1. The van der Waals surface area contributed by atoms with Gasteiger partial charge in [0.25, 0.3) is 0 Å².